The van der Waals surface area contributed by atoms with Crippen LogP contribution >= 0.6 is 0 Å². The van der Waals surface area contributed by atoms with Crippen molar-refractivity contribution in [1.82, 2.24) is 4.98 Å². The number of rotatable bonds is 1. The quantitative estimate of drug-likeness (QED) is 0.750. The van der Waals surface area contributed by atoms with Crippen LogP contribution in [-0.2, 0) is 0 Å². The van der Waals surface area contributed by atoms with E-state index in [9.17, 15) is 9.18 Å². The molecule has 0 saturated carbocycles. The summed E-state index contributed by atoms with van der Waals surface area (Å²) < 4.78 is 13.1. The third kappa shape index (κ3) is 1.31. The number of aromatic nitrogens is 1. The highest BCUT2D eigenvalue weighted by Crippen LogP contribution is 2.15. The fourth-order valence-electron chi connectivity index (χ4n) is 1.24. The van der Waals surface area contributed by atoms with Gasteiger partial charge in [-0.2, -0.15) is 0 Å². The monoisotopic (exact) mass is 191 g/mol. The minimum absolute atomic E-state index is 0.0805. The van der Waals surface area contributed by atoms with Crippen LogP contribution in [-0.4, -0.2) is 16.1 Å². The van der Waals surface area contributed by atoms with E-state index in [1.807, 2.05) is 0 Å². The Hall–Kier alpha value is -1.97. The highest BCUT2D eigenvalue weighted by molar-refractivity contribution is 5.89. The molecule has 2 aromatic rings. The SMILES string of the molecule is O=C(O)c1ccc2c(F)cccc2n1. The Morgan fingerprint density at radius 1 is 1.29 bits per heavy atom. The lowest BCUT2D eigenvalue weighted by Crippen LogP contribution is -1.99. The summed E-state index contributed by atoms with van der Waals surface area (Å²) in [6.07, 6.45) is 0. The molecule has 14 heavy (non-hydrogen) atoms. The van der Waals surface area contributed by atoms with Crippen molar-refractivity contribution in [3.8, 4) is 0 Å². The van der Waals surface area contributed by atoms with E-state index in [4.69, 9.17) is 5.11 Å². The van der Waals surface area contributed by atoms with Crippen LogP contribution in [0.1, 0.15) is 10.5 Å². The van der Waals surface area contributed by atoms with Gasteiger partial charge in [0.15, 0.2) is 0 Å². The molecule has 2 rings (SSSR count). The van der Waals surface area contributed by atoms with Gasteiger partial charge in [0.05, 0.1) is 5.52 Å². The summed E-state index contributed by atoms with van der Waals surface area (Å²) >= 11 is 0. The lowest BCUT2D eigenvalue weighted by atomic mass is 10.2. The van der Waals surface area contributed by atoms with E-state index in [1.54, 1.807) is 6.07 Å². The molecule has 0 aliphatic rings. The third-order valence-corrected chi connectivity index (χ3v) is 1.90. The fourth-order valence-corrected chi connectivity index (χ4v) is 1.24. The number of carboxylic acid groups (broad SMARTS) is 1. The number of carbonyl (C=O) groups is 1. The van der Waals surface area contributed by atoms with Gasteiger partial charge in [0.25, 0.3) is 0 Å². The first-order valence-electron chi connectivity index (χ1n) is 3.97. The summed E-state index contributed by atoms with van der Waals surface area (Å²) in [5, 5.41) is 8.99. The van der Waals surface area contributed by atoms with Crippen molar-refractivity contribution in [2.45, 2.75) is 0 Å². The molecule has 4 heteroatoms. The van der Waals surface area contributed by atoms with E-state index < -0.39 is 11.8 Å². The number of aromatic carboxylic acids is 1. The number of carboxylic acids is 1. The van der Waals surface area contributed by atoms with Crippen molar-refractivity contribution in [3.05, 3.63) is 41.8 Å². The van der Waals surface area contributed by atoms with E-state index in [2.05, 4.69) is 4.98 Å². The molecule has 0 radical (unpaired) electrons. The Morgan fingerprint density at radius 2 is 2.07 bits per heavy atom. The molecule has 0 unspecified atom stereocenters. The van der Waals surface area contributed by atoms with Crippen LogP contribution in [0.25, 0.3) is 10.9 Å². The van der Waals surface area contributed by atoms with Gasteiger partial charge in [-0.25, -0.2) is 14.2 Å². The predicted molar refractivity (Wildman–Crippen MR) is 48.7 cm³/mol. The lowest BCUT2D eigenvalue weighted by Gasteiger charge is -1.99. The zero-order chi connectivity index (χ0) is 10.1. The van der Waals surface area contributed by atoms with Gasteiger partial charge in [-0.3, -0.25) is 0 Å². The van der Waals surface area contributed by atoms with Crippen LogP contribution in [0.3, 0.4) is 0 Å². The maximum atomic E-state index is 13.1. The summed E-state index contributed by atoms with van der Waals surface area (Å²) in [4.78, 5) is 14.4. The molecule has 1 N–H and O–H groups in total. The van der Waals surface area contributed by atoms with Crippen LogP contribution in [0.15, 0.2) is 30.3 Å². The number of nitrogens with zero attached hydrogens (tertiary/aromatic N) is 1. The molecular weight excluding hydrogens is 185 g/mol. The Bertz CT molecular complexity index is 510. The van der Waals surface area contributed by atoms with Crippen LogP contribution < -0.4 is 0 Å². The smallest absolute Gasteiger partial charge is 0.354 e. The second-order valence-electron chi connectivity index (χ2n) is 2.81. The minimum Gasteiger partial charge on any atom is -0.477 e. The zero-order valence-electron chi connectivity index (χ0n) is 7.07. The topological polar surface area (TPSA) is 50.2 Å². The van der Waals surface area contributed by atoms with E-state index in [-0.39, 0.29) is 5.69 Å². The van der Waals surface area contributed by atoms with Crippen LogP contribution in [0.4, 0.5) is 4.39 Å². The number of hydrogen-bond acceptors (Lipinski definition) is 2. The maximum absolute atomic E-state index is 13.1. The molecular formula is C10H6FNO2. The lowest BCUT2D eigenvalue weighted by molar-refractivity contribution is 0.0691. The molecule has 0 aliphatic heterocycles. The van der Waals surface area contributed by atoms with Crippen molar-refractivity contribution in [2.24, 2.45) is 0 Å². The first-order chi connectivity index (χ1) is 6.68. The average molecular weight is 191 g/mol. The molecule has 0 bridgehead atoms. The van der Waals surface area contributed by atoms with Gasteiger partial charge < -0.3 is 5.11 Å². The van der Waals surface area contributed by atoms with Crippen LogP contribution in [0.5, 0.6) is 0 Å². The Balaban J connectivity index is 2.73. The highest BCUT2D eigenvalue weighted by Gasteiger charge is 2.06. The largest absolute Gasteiger partial charge is 0.477 e. The highest BCUT2D eigenvalue weighted by atomic mass is 19.1. The molecule has 70 valence electrons. The summed E-state index contributed by atoms with van der Waals surface area (Å²) in [5.74, 6) is -1.51. The van der Waals surface area contributed by atoms with Gasteiger partial charge in [-0.1, -0.05) is 6.07 Å². The molecule has 1 aromatic carbocycles. The molecule has 1 aromatic heterocycles. The van der Waals surface area contributed by atoms with E-state index in [0.717, 1.165) is 0 Å². The molecule has 3 nitrogen and oxygen atoms in total. The Morgan fingerprint density at radius 3 is 2.79 bits per heavy atom. The molecule has 0 atom stereocenters. The minimum atomic E-state index is -1.11. The van der Waals surface area contributed by atoms with Gasteiger partial charge in [0.2, 0.25) is 0 Å². The number of hydrogen-bond donors (Lipinski definition) is 1. The summed E-state index contributed by atoms with van der Waals surface area (Å²) in [7, 11) is 0. The second kappa shape index (κ2) is 3.06. The number of pyridine rings is 1. The van der Waals surface area contributed by atoms with Gasteiger partial charge in [-0.15, -0.1) is 0 Å². The van der Waals surface area contributed by atoms with Gasteiger partial charge >= 0.3 is 5.97 Å². The van der Waals surface area contributed by atoms with Gasteiger partial charge in [0.1, 0.15) is 11.5 Å². The van der Waals surface area contributed by atoms with E-state index >= 15 is 0 Å². The normalized spacial score (nSPS) is 10.4. The molecule has 0 fully saturated rings. The van der Waals surface area contributed by atoms with Crippen molar-refractivity contribution >= 4 is 16.9 Å². The van der Waals surface area contributed by atoms with Crippen LogP contribution in [0, 0.1) is 5.82 Å². The average Bonchev–Trinajstić information content (AvgIpc) is 2.17. The molecule has 0 spiro atoms. The first kappa shape index (κ1) is 8.62. The predicted octanol–water partition coefficient (Wildman–Crippen LogP) is 2.07. The summed E-state index contributed by atoms with van der Waals surface area (Å²) in [6, 6.07) is 7.08. The summed E-state index contributed by atoms with van der Waals surface area (Å²) in [5.41, 5.74) is 0.271. The maximum Gasteiger partial charge on any atom is 0.354 e. The molecule has 1 heterocycles. The zero-order valence-corrected chi connectivity index (χ0v) is 7.07. The summed E-state index contributed by atoms with van der Waals surface area (Å²) in [6.45, 7) is 0. The van der Waals surface area contributed by atoms with Crippen molar-refractivity contribution in [2.75, 3.05) is 0 Å². The molecule has 0 amide bonds. The van der Waals surface area contributed by atoms with E-state index in [0.29, 0.717) is 10.9 Å². The fraction of sp³-hybridized carbons (Fsp3) is 0. The third-order valence-electron chi connectivity index (χ3n) is 1.90. The van der Waals surface area contributed by atoms with E-state index in [1.165, 1.54) is 24.3 Å². The Labute approximate surface area is 78.8 Å². The Kier molecular flexibility index (Phi) is 1.89. The van der Waals surface area contributed by atoms with Gasteiger partial charge in [-0.05, 0) is 24.3 Å². The standard InChI is InChI=1S/C10H6FNO2/c11-7-2-1-3-8-6(7)4-5-9(12-8)10(13)14/h1-5H,(H,13,14). The number of benzene rings is 1. The molecule has 0 aliphatic carbocycles. The second-order valence-corrected chi connectivity index (χ2v) is 2.81. The van der Waals surface area contributed by atoms with Crippen LogP contribution in [0.2, 0.25) is 0 Å². The molecule has 0 saturated heterocycles. The van der Waals surface area contributed by atoms with Crippen molar-refractivity contribution < 1.29 is 14.3 Å². The number of fused-ring (bicyclic) bond motifs is 1. The number of halogens is 1. The van der Waals surface area contributed by atoms with Crippen molar-refractivity contribution in [1.29, 1.82) is 0 Å². The van der Waals surface area contributed by atoms with Crippen molar-refractivity contribution in [3.63, 3.8) is 0 Å². The first-order valence-corrected chi connectivity index (χ1v) is 3.97. The van der Waals surface area contributed by atoms with Gasteiger partial charge in [0, 0.05) is 5.39 Å².